The number of hydrogen-bond acceptors (Lipinski definition) is 2. The average molecular weight is 242 g/mol. The summed E-state index contributed by atoms with van der Waals surface area (Å²) in [6.45, 7) is 9.06. The minimum absolute atomic E-state index is 0.104. The first-order valence-corrected chi connectivity index (χ1v) is 8.29. The highest BCUT2D eigenvalue weighted by molar-refractivity contribution is 7.60. The van der Waals surface area contributed by atoms with E-state index < -0.39 is 0 Å². The van der Waals surface area contributed by atoms with Gasteiger partial charge in [-0.25, -0.2) is 0 Å². The number of fused-ring (bicyclic) bond motifs is 2. The van der Waals surface area contributed by atoms with E-state index in [0.29, 0.717) is 10.3 Å². The van der Waals surface area contributed by atoms with Crippen LogP contribution in [0.1, 0.15) is 46.0 Å². The van der Waals surface area contributed by atoms with Crippen molar-refractivity contribution >= 4 is 7.92 Å². The summed E-state index contributed by atoms with van der Waals surface area (Å²) in [7, 11) is 0.104. The maximum absolute atomic E-state index is 5.98. The molecule has 0 aromatic heterocycles. The minimum atomic E-state index is -0.210. The quantitative estimate of drug-likeness (QED) is 0.606. The van der Waals surface area contributed by atoms with E-state index >= 15 is 0 Å². The third-order valence-electron chi connectivity index (χ3n) is 5.16. The largest absolute Gasteiger partial charge is 0.347 e. The van der Waals surface area contributed by atoms with Crippen LogP contribution in [0, 0.1) is 0 Å². The Morgan fingerprint density at radius 2 is 1.44 bits per heavy atom. The lowest BCUT2D eigenvalue weighted by Crippen LogP contribution is -2.54. The summed E-state index contributed by atoms with van der Waals surface area (Å²) in [5.74, 6) is -0.210. The van der Waals surface area contributed by atoms with Crippen LogP contribution in [0.15, 0.2) is 0 Å². The molecule has 2 nitrogen and oxygen atoms in total. The van der Waals surface area contributed by atoms with Gasteiger partial charge in [0.1, 0.15) is 0 Å². The molecule has 0 saturated carbocycles. The fraction of sp³-hybridized carbons (Fsp3) is 1.00. The Balaban J connectivity index is 1.95. The SMILES string of the molecule is CP1C2(C)CCCC1(C)CC1(C2)OCCO1. The molecule has 0 aliphatic carbocycles. The van der Waals surface area contributed by atoms with Crippen molar-refractivity contribution in [1.82, 2.24) is 0 Å². The summed E-state index contributed by atoms with van der Waals surface area (Å²) in [4.78, 5) is 0. The molecule has 0 amide bonds. The van der Waals surface area contributed by atoms with Gasteiger partial charge in [-0.1, -0.05) is 28.2 Å². The molecule has 3 heteroatoms. The Bertz CT molecular complexity index is 278. The lowest BCUT2D eigenvalue weighted by Gasteiger charge is -2.59. The topological polar surface area (TPSA) is 18.5 Å². The van der Waals surface area contributed by atoms with Gasteiger partial charge in [-0.05, 0) is 29.8 Å². The second kappa shape index (κ2) is 3.43. The minimum Gasteiger partial charge on any atom is -0.347 e. The number of ether oxygens (including phenoxy) is 2. The summed E-state index contributed by atoms with van der Waals surface area (Å²) >= 11 is 0. The van der Waals surface area contributed by atoms with Crippen LogP contribution >= 0.6 is 7.92 Å². The van der Waals surface area contributed by atoms with Crippen LogP contribution in [0.2, 0.25) is 0 Å². The van der Waals surface area contributed by atoms with Gasteiger partial charge in [-0.3, -0.25) is 0 Å². The summed E-state index contributed by atoms with van der Waals surface area (Å²) in [5.41, 5.74) is 0. The lowest BCUT2D eigenvalue weighted by atomic mass is 9.81. The van der Waals surface area contributed by atoms with E-state index in [4.69, 9.17) is 9.47 Å². The first-order valence-electron chi connectivity index (χ1n) is 6.50. The summed E-state index contributed by atoms with van der Waals surface area (Å²) in [5, 5.41) is 0.982. The highest BCUT2D eigenvalue weighted by Crippen LogP contribution is 2.72. The first kappa shape index (κ1) is 11.4. The van der Waals surface area contributed by atoms with E-state index in [0.717, 1.165) is 26.1 Å². The molecule has 3 heterocycles. The fourth-order valence-electron chi connectivity index (χ4n) is 4.18. The van der Waals surface area contributed by atoms with E-state index in [2.05, 4.69) is 20.5 Å². The van der Waals surface area contributed by atoms with Gasteiger partial charge in [-0.2, -0.15) is 0 Å². The Morgan fingerprint density at radius 1 is 0.938 bits per heavy atom. The van der Waals surface area contributed by atoms with Crippen molar-refractivity contribution in [3.8, 4) is 0 Å². The molecule has 0 aromatic rings. The van der Waals surface area contributed by atoms with Crippen LogP contribution in [-0.2, 0) is 9.47 Å². The lowest BCUT2D eigenvalue weighted by molar-refractivity contribution is -0.183. The molecule has 92 valence electrons. The predicted octanol–water partition coefficient (Wildman–Crippen LogP) is 3.34. The van der Waals surface area contributed by atoms with E-state index in [9.17, 15) is 0 Å². The molecule has 2 atom stereocenters. The van der Waals surface area contributed by atoms with E-state index in [1.54, 1.807) is 0 Å². The van der Waals surface area contributed by atoms with Gasteiger partial charge in [0.2, 0.25) is 0 Å². The normalized spacial score (nSPS) is 50.8. The molecule has 0 radical (unpaired) electrons. The third-order valence-corrected chi connectivity index (χ3v) is 9.17. The maximum Gasteiger partial charge on any atom is 0.170 e. The van der Waals surface area contributed by atoms with Gasteiger partial charge in [0.25, 0.3) is 0 Å². The van der Waals surface area contributed by atoms with Crippen LogP contribution < -0.4 is 0 Å². The second-order valence-corrected chi connectivity index (χ2v) is 9.64. The first-order chi connectivity index (χ1) is 7.48. The highest BCUT2D eigenvalue weighted by Gasteiger charge is 2.59. The molecule has 3 fully saturated rings. The van der Waals surface area contributed by atoms with E-state index in [1.807, 2.05) is 0 Å². The Morgan fingerprint density at radius 3 is 1.94 bits per heavy atom. The standard InChI is InChI=1S/C13H23O2P/c1-11-5-4-6-12(2,16(11)3)10-13(9-11)14-7-8-15-13/h4-10H2,1-3H3. The molecule has 2 unspecified atom stereocenters. The van der Waals surface area contributed by atoms with Gasteiger partial charge in [-0.15, -0.1) is 0 Å². The highest BCUT2D eigenvalue weighted by atomic mass is 31.1. The maximum atomic E-state index is 5.98. The van der Waals surface area contributed by atoms with Gasteiger partial charge >= 0.3 is 0 Å². The summed E-state index contributed by atoms with van der Waals surface area (Å²) in [6, 6.07) is 0. The molecular formula is C13H23O2P. The van der Waals surface area contributed by atoms with Crippen molar-refractivity contribution < 1.29 is 9.47 Å². The zero-order valence-electron chi connectivity index (χ0n) is 10.7. The van der Waals surface area contributed by atoms with Crippen LogP contribution in [0.3, 0.4) is 0 Å². The molecule has 2 bridgehead atoms. The molecule has 16 heavy (non-hydrogen) atoms. The Labute approximate surface area is 99.8 Å². The van der Waals surface area contributed by atoms with Crippen LogP contribution in [0.25, 0.3) is 0 Å². The van der Waals surface area contributed by atoms with E-state index in [-0.39, 0.29) is 13.7 Å². The monoisotopic (exact) mass is 242 g/mol. The van der Waals surface area contributed by atoms with Gasteiger partial charge < -0.3 is 9.47 Å². The molecule has 1 spiro atoms. The van der Waals surface area contributed by atoms with Gasteiger partial charge in [0, 0.05) is 12.8 Å². The molecular weight excluding hydrogens is 219 g/mol. The van der Waals surface area contributed by atoms with Crippen LogP contribution in [-0.4, -0.2) is 36.0 Å². The van der Waals surface area contributed by atoms with Crippen LogP contribution in [0.5, 0.6) is 0 Å². The summed E-state index contributed by atoms with van der Waals surface area (Å²) in [6.07, 6.45) is 6.42. The molecule has 3 aliphatic rings. The second-order valence-electron chi connectivity index (χ2n) is 6.37. The van der Waals surface area contributed by atoms with Crippen molar-refractivity contribution in [3.05, 3.63) is 0 Å². The number of hydrogen-bond donors (Lipinski definition) is 0. The molecule has 0 N–H and O–H groups in total. The third kappa shape index (κ3) is 1.50. The number of rotatable bonds is 0. The molecule has 3 aliphatic heterocycles. The van der Waals surface area contributed by atoms with Crippen molar-refractivity contribution in [2.24, 2.45) is 0 Å². The van der Waals surface area contributed by atoms with Crippen molar-refractivity contribution in [3.63, 3.8) is 0 Å². The molecule has 3 saturated heterocycles. The van der Waals surface area contributed by atoms with Crippen molar-refractivity contribution in [1.29, 1.82) is 0 Å². The zero-order chi connectivity index (χ0) is 11.4. The van der Waals surface area contributed by atoms with Crippen molar-refractivity contribution in [2.75, 3.05) is 19.9 Å². The van der Waals surface area contributed by atoms with Gasteiger partial charge in [0.15, 0.2) is 5.79 Å². The Hall–Kier alpha value is 0.350. The average Bonchev–Trinajstić information content (AvgIpc) is 2.60. The zero-order valence-corrected chi connectivity index (χ0v) is 11.6. The van der Waals surface area contributed by atoms with Crippen molar-refractivity contribution in [2.45, 2.75) is 62.1 Å². The summed E-state index contributed by atoms with van der Waals surface area (Å²) < 4.78 is 12.0. The predicted molar refractivity (Wildman–Crippen MR) is 67.4 cm³/mol. The van der Waals surface area contributed by atoms with E-state index in [1.165, 1.54) is 19.3 Å². The molecule has 3 rings (SSSR count). The Kier molecular flexibility index (Phi) is 2.45. The van der Waals surface area contributed by atoms with Gasteiger partial charge in [0.05, 0.1) is 13.2 Å². The van der Waals surface area contributed by atoms with Crippen LogP contribution in [0.4, 0.5) is 0 Å². The molecule has 0 aromatic carbocycles. The fourth-order valence-corrected chi connectivity index (χ4v) is 7.42. The smallest absolute Gasteiger partial charge is 0.170 e.